The lowest BCUT2D eigenvalue weighted by molar-refractivity contribution is -0.138. The van der Waals surface area contributed by atoms with Crippen molar-refractivity contribution in [1.29, 1.82) is 0 Å². The molecule has 3 heterocycles. The van der Waals surface area contributed by atoms with Gasteiger partial charge in [-0.25, -0.2) is 9.97 Å². The number of isothiocyanates is 1. The van der Waals surface area contributed by atoms with Crippen LogP contribution in [0.3, 0.4) is 0 Å². The highest BCUT2D eigenvalue weighted by Crippen LogP contribution is 2.32. The fraction of sp³-hybridized carbons (Fsp3) is 0.120. The van der Waals surface area contributed by atoms with E-state index in [9.17, 15) is 29.7 Å². The number of hydrogen-bond acceptors (Lipinski definition) is 7. The summed E-state index contributed by atoms with van der Waals surface area (Å²) in [5.74, 6) is -3.39. The number of benzene rings is 1. The number of nitrogens with zero attached hydrogens (tertiary/aromatic N) is 6. The first-order valence-electron chi connectivity index (χ1n) is 11.0. The Morgan fingerprint density at radius 1 is 0.763 bits per heavy atom. The molecule has 0 radical (unpaired) electrons. The largest absolute Gasteiger partial charge is 0.480 e. The standard InChI is InChI=1S/C25H20N6O6S/c32-21(33)12-29-5-7-30(13-22(34)35)10-17-2-1-16-9-20(26-15-38)19-4-3-18(28-25(19)24(16)27-17)11-31(8-6-29)14-23(36)37/h1-11H,12-14H2,(H,32,33)(H,34,35)(H,36,37). The summed E-state index contributed by atoms with van der Waals surface area (Å²) in [5, 5.41) is 31.8. The summed E-state index contributed by atoms with van der Waals surface area (Å²) in [6, 6.07) is 8.69. The Kier molecular flexibility index (Phi) is 7.71. The van der Waals surface area contributed by atoms with Gasteiger partial charge in [-0.15, -0.1) is 0 Å². The van der Waals surface area contributed by atoms with E-state index in [1.165, 1.54) is 50.9 Å². The number of carbonyl (C=O) groups is 3. The first kappa shape index (κ1) is 25.9. The second-order valence-corrected chi connectivity index (χ2v) is 8.27. The lowest BCUT2D eigenvalue weighted by Crippen LogP contribution is -2.11. The number of fused-ring (bicyclic) bond motifs is 2. The topological polar surface area (TPSA) is 165 Å². The Hall–Kier alpha value is -5.13. The molecular weight excluding hydrogens is 512 g/mol. The van der Waals surface area contributed by atoms with E-state index in [1.807, 2.05) is 0 Å². The zero-order valence-corrected chi connectivity index (χ0v) is 20.4. The third kappa shape index (κ3) is 6.35. The quantitative estimate of drug-likeness (QED) is 0.183. The van der Waals surface area contributed by atoms with Crippen molar-refractivity contribution in [2.24, 2.45) is 4.99 Å². The molecule has 1 aromatic carbocycles. The summed E-state index contributed by atoms with van der Waals surface area (Å²) >= 11 is 4.79. The van der Waals surface area contributed by atoms with Crippen LogP contribution in [-0.4, -0.2) is 62.1 Å². The molecule has 0 unspecified atom stereocenters. The molecule has 3 N–H and O–H groups in total. The van der Waals surface area contributed by atoms with Crippen LogP contribution in [0.25, 0.3) is 32.8 Å². The van der Waals surface area contributed by atoms with Crippen LogP contribution in [0.1, 0.15) is 0 Å². The minimum absolute atomic E-state index is 0.409. The van der Waals surface area contributed by atoms with Crippen LogP contribution >= 0.6 is 12.2 Å². The van der Waals surface area contributed by atoms with E-state index in [0.29, 0.717) is 38.5 Å². The Labute approximate surface area is 219 Å². The molecule has 0 aliphatic carbocycles. The van der Waals surface area contributed by atoms with Crippen molar-refractivity contribution >= 4 is 73.8 Å². The van der Waals surface area contributed by atoms with Crippen molar-refractivity contribution in [1.82, 2.24) is 23.7 Å². The van der Waals surface area contributed by atoms with E-state index >= 15 is 0 Å². The van der Waals surface area contributed by atoms with Crippen molar-refractivity contribution in [2.75, 3.05) is 0 Å². The monoisotopic (exact) mass is 532 g/mol. The number of hydrogen-bond donors (Lipinski definition) is 3. The van der Waals surface area contributed by atoms with Gasteiger partial charge in [0.2, 0.25) is 0 Å². The number of aliphatic carboxylic acids is 3. The first-order chi connectivity index (χ1) is 18.2. The summed E-state index contributed by atoms with van der Waals surface area (Å²) in [6.45, 7) is -1.32. The molecular formula is C25H20N6O6S. The third-order valence-corrected chi connectivity index (χ3v) is 5.36. The zero-order valence-electron chi connectivity index (χ0n) is 19.6. The van der Waals surface area contributed by atoms with Crippen LogP contribution in [0.5, 0.6) is 0 Å². The van der Waals surface area contributed by atoms with Gasteiger partial charge in [-0.2, -0.15) is 4.99 Å². The first-order valence-corrected chi connectivity index (χ1v) is 11.4. The zero-order chi connectivity index (χ0) is 27.2. The van der Waals surface area contributed by atoms with Gasteiger partial charge in [0.15, 0.2) is 0 Å². The van der Waals surface area contributed by atoms with Gasteiger partial charge in [0, 0.05) is 48.0 Å². The maximum atomic E-state index is 11.5. The Morgan fingerprint density at radius 3 is 1.82 bits per heavy atom. The van der Waals surface area contributed by atoms with Gasteiger partial charge in [-0.05, 0) is 36.5 Å². The number of carboxylic acids is 3. The molecule has 0 spiro atoms. The van der Waals surface area contributed by atoms with E-state index in [1.54, 1.807) is 30.3 Å². The highest BCUT2D eigenvalue weighted by atomic mass is 32.1. The van der Waals surface area contributed by atoms with Crippen molar-refractivity contribution in [2.45, 2.75) is 19.6 Å². The number of rotatable bonds is 7. The lowest BCUT2D eigenvalue weighted by atomic mass is 10.1. The highest BCUT2D eigenvalue weighted by molar-refractivity contribution is 7.78. The molecule has 12 nitrogen and oxygen atoms in total. The van der Waals surface area contributed by atoms with Gasteiger partial charge in [-0.3, -0.25) is 14.4 Å². The molecule has 0 aliphatic rings. The Balaban J connectivity index is 2.19. The molecule has 4 bridgehead atoms. The van der Waals surface area contributed by atoms with Crippen molar-refractivity contribution in [3.63, 3.8) is 0 Å². The van der Waals surface area contributed by atoms with E-state index in [2.05, 4.69) is 10.2 Å². The maximum absolute atomic E-state index is 11.5. The summed E-state index contributed by atoms with van der Waals surface area (Å²) in [6.07, 6.45) is 8.53. The number of carboxylic acid groups (broad SMARTS) is 3. The second kappa shape index (κ2) is 11.3. The normalized spacial score (nSPS) is 10.5. The molecule has 4 rings (SSSR count). The van der Waals surface area contributed by atoms with Crippen LogP contribution in [0.4, 0.5) is 5.69 Å². The minimum atomic E-state index is -1.15. The van der Waals surface area contributed by atoms with Crippen LogP contribution in [0.2, 0.25) is 0 Å². The predicted molar refractivity (Wildman–Crippen MR) is 141 cm³/mol. The molecule has 0 amide bonds. The molecule has 0 fully saturated rings. The van der Waals surface area contributed by atoms with Crippen LogP contribution in [0, 0.1) is 0 Å². The Morgan fingerprint density at radius 2 is 1.26 bits per heavy atom. The van der Waals surface area contributed by atoms with E-state index < -0.39 is 37.5 Å². The summed E-state index contributed by atoms with van der Waals surface area (Å²) in [4.78, 5) is 47.9. The van der Waals surface area contributed by atoms with Crippen molar-refractivity contribution in [3.8, 4) is 0 Å². The van der Waals surface area contributed by atoms with Gasteiger partial charge < -0.3 is 29.0 Å². The molecule has 13 heteroatoms. The SMILES string of the molecule is O=C(O)Cn1ccn(CC(=O)O)cc2ccc3cc(N=C=S)c4ccc(cn(CC(=O)O)cc1)nc4c3n2. The van der Waals surface area contributed by atoms with Crippen molar-refractivity contribution < 1.29 is 29.7 Å². The lowest BCUT2D eigenvalue weighted by Gasteiger charge is -2.07. The average molecular weight is 533 g/mol. The molecule has 192 valence electrons. The van der Waals surface area contributed by atoms with Gasteiger partial charge in [0.05, 0.1) is 32.9 Å². The molecule has 0 aliphatic heterocycles. The van der Waals surface area contributed by atoms with Gasteiger partial charge >= 0.3 is 17.9 Å². The van der Waals surface area contributed by atoms with Crippen molar-refractivity contribution in [3.05, 3.63) is 67.5 Å². The molecule has 3 aromatic heterocycles. The summed E-state index contributed by atoms with van der Waals surface area (Å²) < 4.78 is 3.94. The minimum Gasteiger partial charge on any atom is -0.480 e. The van der Waals surface area contributed by atoms with Gasteiger partial charge in [0.1, 0.15) is 19.6 Å². The fourth-order valence-electron chi connectivity index (χ4n) is 3.75. The van der Waals surface area contributed by atoms with Gasteiger partial charge in [0.25, 0.3) is 0 Å². The van der Waals surface area contributed by atoms with Gasteiger partial charge in [-0.1, -0.05) is 6.07 Å². The predicted octanol–water partition coefficient (Wildman–Crippen LogP) is 3.58. The number of aliphatic imine (C=N–C) groups is 1. The second-order valence-electron chi connectivity index (χ2n) is 8.09. The smallest absolute Gasteiger partial charge is 0.323 e. The number of thiocarbonyl (C=S) groups is 1. The summed E-state index contributed by atoms with van der Waals surface area (Å²) in [5.41, 5.74) is 2.34. The molecule has 0 saturated carbocycles. The molecule has 4 aromatic rings. The van der Waals surface area contributed by atoms with Crippen LogP contribution < -0.4 is 0 Å². The molecule has 0 saturated heterocycles. The third-order valence-electron chi connectivity index (χ3n) is 5.27. The molecule has 0 atom stereocenters. The van der Waals surface area contributed by atoms with E-state index in [0.717, 1.165) is 0 Å². The maximum Gasteiger partial charge on any atom is 0.323 e. The molecule has 38 heavy (non-hydrogen) atoms. The van der Waals surface area contributed by atoms with Crippen LogP contribution in [0.15, 0.2) is 72.5 Å². The average Bonchev–Trinajstić information content (AvgIpc) is 2.84. The van der Waals surface area contributed by atoms with E-state index in [-0.39, 0.29) is 0 Å². The fourth-order valence-corrected chi connectivity index (χ4v) is 3.85. The Bertz CT molecular complexity index is 1760. The summed E-state index contributed by atoms with van der Waals surface area (Å²) in [7, 11) is 0. The van der Waals surface area contributed by atoms with E-state index in [4.69, 9.17) is 22.2 Å². The number of pyridine rings is 2. The highest BCUT2D eigenvalue weighted by Gasteiger charge is 2.10. The van der Waals surface area contributed by atoms with Crippen LogP contribution in [-0.2, 0) is 34.0 Å². The number of aromatic nitrogens is 5.